The van der Waals surface area contributed by atoms with E-state index in [1.54, 1.807) is 12.1 Å². The molecule has 2 N–H and O–H groups in total. The zero-order valence-electron chi connectivity index (χ0n) is 15.5. The molecular formula is C21H23NO5. The minimum atomic E-state index is -1.25. The summed E-state index contributed by atoms with van der Waals surface area (Å²) in [7, 11) is 0. The molecule has 6 heteroatoms. The van der Waals surface area contributed by atoms with E-state index >= 15 is 0 Å². The van der Waals surface area contributed by atoms with Crippen molar-refractivity contribution in [3.63, 3.8) is 0 Å². The van der Waals surface area contributed by atoms with Gasteiger partial charge in [-0.1, -0.05) is 38.1 Å². The molecule has 0 saturated heterocycles. The van der Waals surface area contributed by atoms with E-state index in [1.807, 2.05) is 12.1 Å². The van der Waals surface area contributed by atoms with Crippen LogP contribution in [0.3, 0.4) is 0 Å². The molecule has 142 valence electrons. The first-order valence-corrected chi connectivity index (χ1v) is 9.08. The number of allylic oxidation sites excluding steroid dienone is 2. The number of aliphatic carboxylic acids is 2. The van der Waals surface area contributed by atoms with Crippen molar-refractivity contribution in [3.8, 4) is 0 Å². The SMILES string of the molecule is CC1(C)CCC2=C(C1)c1ccccc1/C(=N/C(CCC(=O)O)C(=O)O)C2=O. The Morgan fingerprint density at radius 3 is 2.44 bits per heavy atom. The van der Waals surface area contributed by atoms with Gasteiger partial charge in [0.1, 0.15) is 11.8 Å². The molecule has 0 bridgehead atoms. The van der Waals surface area contributed by atoms with Crippen molar-refractivity contribution in [2.24, 2.45) is 10.4 Å². The number of hydrogen-bond acceptors (Lipinski definition) is 4. The van der Waals surface area contributed by atoms with Crippen LogP contribution < -0.4 is 0 Å². The van der Waals surface area contributed by atoms with Crippen LogP contribution in [0.15, 0.2) is 34.8 Å². The fourth-order valence-corrected chi connectivity index (χ4v) is 3.80. The zero-order valence-corrected chi connectivity index (χ0v) is 15.5. The van der Waals surface area contributed by atoms with E-state index in [2.05, 4.69) is 18.8 Å². The third kappa shape index (κ3) is 3.84. The number of nitrogens with zero attached hydrogens (tertiary/aromatic N) is 1. The van der Waals surface area contributed by atoms with Crippen LogP contribution >= 0.6 is 0 Å². The van der Waals surface area contributed by atoms with Gasteiger partial charge in [0.2, 0.25) is 5.78 Å². The maximum atomic E-state index is 13.1. The molecule has 3 rings (SSSR count). The van der Waals surface area contributed by atoms with Gasteiger partial charge in [0, 0.05) is 17.6 Å². The number of carboxylic acids is 2. The van der Waals surface area contributed by atoms with Crippen LogP contribution in [0, 0.1) is 5.41 Å². The Morgan fingerprint density at radius 1 is 1.15 bits per heavy atom. The zero-order chi connectivity index (χ0) is 19.8. The summed E-state index contributed by atoms with van der Waals surface area (Å²) >= 11 is 0. The smallest absolute Gasteiger partial charge is 0.328 e. The molecule has 0 amide bonds. The molecule has 0 fully saturated rings. The first-order valence-electron chi connectivity index (χ1n) is 9.08. The summed E-state index contributed by atoms with van der Waals surface area (Å²) in [5.74, 6) is -2.53. The normalized spacial score (nSPS) is 20.8. The van der Waals surface area contributed by atoms with Gasteiger partial charge in [0.15, 0.2) is 0 Å². The number of Topliss-reactive ketones (excluding diaryl/α,β-unsaturated/α-hetero) is 1. The van der Waals surface area contributed by atoms with E-state index in [0.29, 0.717) is 17.6 Å². The highest BCUT2D eigenvalue weighted by Gasteiger charge is 2.37. The molecule has 0 aliphatic heterocycles. The van der Waals surface area contributed by atoms with E-state index in [0.717, 1.165) is 24.0 Å². The van der Waals surface area contributed by atoms with Gasteiger partial charge in [-0.15, -0.1) is 0 Å². The topological polar surface area (TPSA) is 104 Å². The van der Waals surface area contributed by atoms with Crippen molar-refractivity contribution in [2.45, 2.75) is 52.0 Å². The number of carboxylic acid groups (broad SMARTS) is 2. The standard InChI is InChI=1S/C21H23NO5/c1-21(2)10-9-14-15(11-21)12-5-3-4-6-13(12)18(19(14)25)22-16(20(26)27)7-8-17(23)24/h3-6,16H,7-11H2,1-2H3,(H,23,24)(H,26,27)/b22-18-. The lowest BCUT2D eigenvalue weighted by Gasteiger charge is -2.36. The molecular weight excluding hydrogens is 346 g/mol. The van der Waals surface area contributed by atoms with Crippen molar-refractivity contribution in [1.29, 1.82) is 0 Å². The monoisotopic (exact) mass is 369 g/mol. The Balaban J connectivity index is 2.08. The van der Waals surface area contributed by atoms with E-state index in [-0.39, 0.29) is 29.8 Å². The number of benzene rings is 1. The second-order valence-corrected chi connectivity index (χ2v) is 7.94. The molecule has 0 heterocycles. The molecule has 0 saturated carbocycles. The number of hydrogen-bond donors (Lipinski definition) is 2. The lowest BCUT2D eigenvalue weighted by atomic mass is 9.68. The van der Waals surface area contributed by atoms with Gasteiger partial charge in [-0.2, -0.15) is 0 Å². The number of rotatable bonds is 5. The van der Waals surface area contributed by atoms with Gasteiger partial charge in [0.05, 0.1) is 0 Å². The van der Waals surface area contributed by atoms with E-state index in [4.69, 9.17) is 5.11 Å². The number of carbonyl (C=O) groups excluding carboxylic acids is 1. The lowest BCUT2D eigenvalue weighted by Crippen LogP contribution is -2.32. The second-order valence-electron chi connectivity index (χ2n) is 7.94. The quantitative estimate of drug-likeness (QED) is 0.828. The minimum absolute atomic E-state index is 0.103. The van der Waals surface area contributed by atoms with Crippen molar-refractivity contribution in [3.05, 3.63) is 41.0 Å². The Hall–Kier alpha value is -2.76. The van der Waals surface area contributed by atoms with Crippen LogP contribution in [-0.4, -0.2) is 39.7 Å². The van der Waals surface area contributed by atoms with Crippen LogP contribution in [-0.2, 0) is 14.4 Å². The fourth-order valence-electron chi connectivity index (χ4n) is 3.80. The average Bonchev–Trinajstić information content (AvgIpc) is 2.59. The van der Waals surface area contributed by atoms with Gasteiger partial charge < -0.3 is 10.2 Å². The molecule has 27 heavy (non-hydrogen) atoms. The molecule has 6 nitrogen and oxygen atoms in total. The molecule has 1 unspecified atom stereocenters. The lowest BCUT2D eigenvalue weighted by molar-refractivity contribution is -0.139. The largest absolute Gasteiger partial charge is 0.481 e. The summed E-state index contributed by atoms with van der Waals surface area (Å²) in [4.78, 5) is 39.7. The average molecular weight is 369 g/mol. The number of aliphatic imine (C=N–C) groups is 1. The van der Waals surface area contributed by atoms with Crippen LogP contribution in [0.25, 0.3) is 5.57 Å². The summed E-state index contributed by atoms with van der Waals surface area (Å²) in [6, 6.07) is 6.18. The van der Waals surface area contributed by atoms with Gasteiger partial charge in [-0.25, -0.2) is 4.79 Å². The number of carbonyl (C=O) groups is 3. The molecule has 2 aliphatic rings. The van der Waals surface area contributed by atoms with Crippen LogP contribution in [0.1, 0.15) is 57.1 Å². The maximum Gasteiger partial charge on any atom is 0.328 e. The number of ketones is 1. The molecule has 0 spiro atoms. The van der Waals surface area contributed by atoms with Gasteiger partial charge >= 0.3 is 11.9 Å². The van der Waals surface area contributed by atoms with Gasteiger partial charge in [-0.05, 0) is 42.2 Å². The van der Waals surface area contributed by atoms with Gasteiger partial charge in [0.25, 0.3) is 0 Å². The first kappa shape index (κ1) is 19.0. The number of fused-ring (bicyclic) bond motifs is 2. The third-order valence-corrected chi connectivity index (χ3v) is 5.27. The Labute approximate surface area is 157 Å². The first-order chi connectivity index (χ1) is 12.7. The molecule has 2 aliphatic carbocycles. The summed E-state index contributed by atoms with van der Waals surface area (Å²) in [6.07, 6.45) is 1.85. The van der Waals surface area contributed by atoms with Crippen LogP contribution in [0.4, 0.5) is 0 Å². The second kappa shape index (κ2) is 7.10. The van der Waals surface area contributed by atoms with Crippen LogP contribution in [0.5, 0.6) is 0 Å². The predicted octanol–water partition coefficient (Wildman–Crippen LogP) is 3.34. The predicted molar refractivity (Wildman–Crippen MR) is 101 cm³/mol. The van der Waals surface area contributed by atoms with Crippen LogP contribution in [0.2, 0.25) is 0 Å². The molecule has 1 aromatic carbocycles. The van der Waals surface area contributed by atoms with E-state index in [1.165, 1.54) is 0 Å². The van der Waals surface area contributed by atoms with Crippen molar-refractivity contribution in [1.82, 2.24) is 0 Å². The third-order valence-electron chi connectivity index (χ3n) is 5.27. The summed E-state index contributed by atoms with van der Waals surface area (Å²) in [5, 5.41) is 18.3. The maximum absolute atomic E-state index is 13.1. The Kier molecular flexibility index (Phi) is 5.00. The van der Waals surface area contributed by atoms with E-state index in [9.17, 15) is 19.5 Å². The van der Waals surface area contributed by atoms with E-state index < -0.39 is 18.0 Å². The molecule has 1 aromatic rings. The highest BCUT2D eigenvalue weighted by Crippen LogP contribution is 2.46. The molecule has 1 atom stereocenters. The molecule has 0 aromatic heterocycles. The molecule has 0 radical (unpaired) electrons. The minimum Gasteiger partial charge on any atom is -0.481 e. The summed E-state index contributed by atoms with van der Waals surface area (Å²) < 4.78 is 0. The van der Waals surface area contributed by atoms with Crippen molar-refractivity contribution >= 4 is 29.0 Å². The Morgan fingerprint density at radius 2 is 1.81 bits per heavy atom. The highest BCUT2D eigenvalue weighted by atomic mass is 16.4. The highest BCUT2D eigenvalue weighted by molar-refractivity contribution is 6.54. The fraction of sp³-hybridized carbons (Fsp3) is 0.429. The van der Waals surface area contributed by atoms with Crippen molar-refractivity contribution < 1.29 is 24.6 Å². The summed E-state index contributed by atoms with van der Waals surface area (Å²) in [6.45, 7) is 4.36. The summed E-state index contributed by atoms with van der Waals surface area (Å²) in [5.41, 5.74) is 3.56. The van der Waals surface area contributed by atoms with Gasteiger partial charge in [-0.3, -0.25) is 14.6 Å². The Bertz CT molecular complexity index is 878. The van der Waals surface area contributed by atoms with Crippen molar-refractivity contribution in [2.75, 3.05) is 0 Å².